The molecule has 0 saturated carbocycles. The van der Waals surface area contributed by atoms with Crippen molar-refractivity contribution >= 4 is 28.9 Å². The van der Waals surface area contributed by atoms with E-state index >= 15 is 0 Å². The number of fused-ring (bicyclic) bond motifs is 5. The van der Waals surface area contributed by atoms with Gasteiger partial charge in [0, 0.05) is 17.8 Å². The molecule has 2 N–H and O–H groups in total. The first kappa shape index (κ1) is 25.3. The fourth-order valence-electron chi connectivity index (χ4n) is 5.72. The molecule has 0 spiro atoms. The van der Waals surface area contributed by atoms with Crippen molar-refractivity contribution in [2.45, 2.75) is 46.0 Å². The Labute approximate surface area is 233 Å². The summed E-state index contributed by atoms with van der Waals surface area (Å²) in [5.74, 6) is 1.85. The van der Waals surface area contributed by atoms with Crippen LogP contribution < -0.4 is 29.6 Å². The van der Waals surface area contributed by atoms with Crippen LogP contribution in [0.2, 0.25) is 0 Å². The van der Waals surface area contributed by atoms with Crippen LogP contribution in [0.25, 0.3) is 0 Å². The molecule has 3 aromatic rings. The van der Waals surface area contributed by atoms with Gasteiger partial charge in [-0.3, -0.25) is 4.79 Å². The van der Waals surface area contributed by atoms with Crippen LogP contribution in [0.15, 0.2) is 54.6 Å². The van der Waals surface area contributed by atoms with Gasteiger partial charge < -0.3 is 34.5 Å². The maximum atomic E-state index is 14.1. The van der Waals surface area contributed by atoms with Gasteiger partial charge in [-0.15, -0.1) is 0 Å². The number of benzene rings is 3. The molecule has 0 aromatic heterocycles. The molecular weight excluding hydrogens is 514 g/mol. The van der Waals surface area contributed by atoms with Crippen molar-refractivity contribution in [3.63, 3.8) is 0 Å². The van der Waals surface area contributed by atoms with Crippen LogP contribution in [0, 0.1) is 19.8 Å². The van der Waals surface area contributed by atoms with Gasteiger partial charge in [0.05, 0.1) is 12.6 Å². The molecule has 3 aromatic carbocycles. The number of aryl methyl sites for hydroxylation is 2. The first-order chi connectivity index (χ1) is 18.8. The number of para-hydroxylation sites is 1. The van der Waals surface area contributed by atoms with Crippen LogP contribution in [0.5, 0.6) is 23.0 Å². The second-order valence-corrected chi connectivity index (χ2v) is 10.6. The molecule has 1 fully saturated rings. The molecule has 6 rings (SSSR count). The van der Waals surface area contributed by atoms with Crippen LogP contribution in [-0.2, 0) is 11.3 Å². The van der Waals surface area contributed by atoms with E-state index in [4.69, 9.17) is 31.2 Å². The van der Waals surface area contributed by atoms with E-state index in [0.29, 0.717) is 41.3 Å². The number of rotatable bonds is 6. The average Bonchev–Trinajstić information content (AvgIpc) is 3.37. The summed E-state index contributed by atoms with van der Waals surface area (Å²) >= 11 is 5.89. The minimum absolute atomic E-state index is 0.160. The topological polar surface area (TPSA) is 81.3 Å². The van der Waals surface area contributed by atoms with E-state index in [1.54, 1.807) is 0 Å². The van der Waals surface area contributed by atoms with Crippen molar-refractivity contribution in [1.82, 2.24) is 10.2 Å². The largest absolute Gasteiger partial charge is 0.490 e. The zero-order chi connectivity index (χ0) is 27.3. The smallest absolute Gasteiger partial charge is 0.236 e. The summed E-state index contributed by atoms with van der Waals surface area (Å²) in [6.07, 6.45) is 0. The molecule has 0 unspecified atom stereocenters. The van der Waals surface area contributed by atoms with E-state index in [2.05, 4.69) is 16.7 Å². The highest BCUT2D eigenvalue weighted by atomic mass is 32.1. The summed E-state index contributed by atoms with van der Waals surface area (Å²) in [5.41, 5.74) is 3.57. The van der Waals surface area contributed by atoms with Gasteiger partial charge in [0.15, 0.2) is 33.8 Å². The van der Waals surface area contributed by atoms with Crippen LogP contribution in [0.4, 0.5) is 5.69 Å². The highest BCUT2D eigenvalue weighted by Crippen LogP contribution is 2.52. The number of ether oxygens (including phenoxy) is 4. The third kappa shape index (κ3) is 4.30. The zero-order valence-corrected chi connectivity index (χ0v) is 23.2. The third-order valence-electron chi connectivity index (χ3n) is 7.62. The van der Waals surface area contributed by atoms with E-state index in [0.717, 1.165) is 27.9 Å². The van der Waals surface area contributed by atoms with Gasteiger partial charge in [-0.05, 0) is 75.3 Å². The Balaban J connectivity index is 1.42. The molecule has 1 amide bonds. The van der Waals surface area contributed by atoms with Gasteiger partial charge >= 0.3 is 0 Å². The lowest BCUT2D eigenvalue weighted by molar-refractivity contribution is -0.151. The van der Waals surface area contributed by atoms with Crippen LogP contribution in [0.1, 0.15) is 42.1 Å². The van der Waals surface area contributed by atoms with Gasteiger partial charge in [-0.2, -0.15) is 0 Å². The quantitative estimate of drug-likeness (QED) is 0.408. The van der Waals surface area contributed by atoms with E-state index in [9.17, 15) is 4.79 Å². The summed E-state index contributed by atoms with van der Waals surface area (Å²) in [5, 5.41) is 7.14. The van der Waals surface area contributed by atoms with Crippen molar-refractivity contribution < 1.29 is 23.7 Å². The minimum Gasteiger partial charge on any atom is -0.490 e. The Morgan fingerprint density at radius 2 is 1.97 bits per heavy atom. The molecule has 0 radical (unpaired) electrons. The van der Waals surface area contributed by atoms with Gasteiger partial charge in [-0.1, -0.05) is 35.9 Å². The molecular formula is C30H31N3O5S. The number of nitrogens with one attached hydrogen (secondary N) is 2. The van der Waals surface area contributed by atoms with Crippen molar-refractivity contribution in [2.75, 3.05) is 18.7 Å². The summed E-state index contributed by atoms with van der Waals surface area (Å²) in [4.78, 5) is 16.1. The fraction of sp³-hybridized carbons (Fsp3) is 0.333. The Morgan fingerprint density at radius 1 is 1.15 bits per heavy atom. The molecule has 3 atom stereocenters. The zero-order valence-electron chi connectivity index (χ0n) is 22.4. The Kier molecular flexibility index (Phi) is 6.26. The van der Waals surface area contributed by atoms with Crippen LogP contribution >= 0.6 is 12.2 Å². The van der Waals surface area contributed by atoms with Crippen molar-refractivity contribution in [3.05, 3.63) is 76.9 Å². The second-order valence-electron chi connectivity index (χ2n) is 10.3. The van der Waals surface area contributed by atoms with Gasteiger partial charge in [0.25, 0.3) is 0 Å². The first-order valence-corrected chi connectivity index (χ1v) is 13.5. The highest BCUT2D eigenvalue weighted by Gasteiger charge is 2.59. The number of carbonyl (C=O) groups excluding carboxylic acids is 1. The normalized spacial score (nSPS) is 22.5. The SMILES string of the molecule is CCOc1cccc2c1O[C@@]1(C)[C@H](C(=O)Nc3ccc(C)cc3C)[C@H]2NC(=S)N1Cc1ccc2c(c1)OCO2. The Hall–Kier alpha value is -3.98. The lowest BCUT2D eigenvalue weighted by atomic mass is 9.78. The third-order valence-corrected chi connectivity index (χ3v) is 7.96. The summed E-state index contributed by atoms with van der Waals surface area (Å²) in [6.45, 7) is 8.97. The monoisotopic (exact) mass is 545 g/mol. The number of hydrogen-bond donors (Lipinski definition) is 2. The Morgan fingerprint density at radius 3 is 2.77 bits per heavy atom. The predicted octanol–water partition coefficient (Wildman–Crippen LogP) is 5.23. The average molecular weight is 546 g/mol. The molecule has 202 valence electrons. The fourth-order valence-corrected chi connectivity index (χ4v) is 6.09. The number of thiocarbonyl (C=S) groups is 1. The molecule has 8 nitrogen and oxygen atoms in total. The van der Waals surface area contributed by atoms with Gasteiger partial charge in [0.2, 0.25) is 12.7 Å². The lowest BCUT2D eigenvalue weighted by Crippen LogP contribution is -2.71. The molecule has 39 heavy (non-hydrogen) atoms. The van der Waals surface area contributed by atoms with Crippen molar-refractivity contribution in [3.8, 4) is 23.0 Å². The maximum Gasteiger partial charge on any atom is 0.236 e. The van der Waals surface area contributed by atoms with Gasteiger partial charge in [0.1, 0.15) is 5.92 Å². The molecule has 2 bridgehead atoms. The first-order valence-electron chi connectivity index (χ1n) is 13.1. The van der Waals surface area contributed by atoms with Crippen LogP contribution in [-0.4, -0.2) is 35.0 Å². The summed E-state index contributed by atoms with van der Waals surface area (Å²) in [6, 6.07) is 17.1. The molecule has 0 aliphatic carbocycles. The molecule has 3 aliphatic heterocycles. The van der Waals surface area contributed by atoms with Crippen molar-refractivity contribution in [1.29, 1.82) is 0 Å². The highest BCUT2D eigenvalue weighted by molar-refractivity contribution is 7.80. The van der Waals surface area contributed by atoms with E-state index in [-0.39, 0.29) is 12.7 Å². The second kappa shape index (κ2) is 9.64. The number of anilines is 1. The number of nitrogens with zero attached hydrogens (tertiary/aromatic N) is 1. The van der Waals surface area contributed by atoms with E-state index in [1.807, 2.05) is 81.1 Å². The number of amides is 1. The van der Waals surface area contributed by atoms with E-state index in [1.165, 1.54) is 0 Å². The summed E-state index contributed by atoms with van der Waals surface area (Å²) < 4.78 is 23.8. The van der Waals surface area contributed by atoms with E-state index < -0.39 is 17.7 Å². The number of hydrogen-bond acceptors (Lipinski definition) is 6. The standard InChI is InChI=1S/C30H31N3O5S/c1-5-35-23-8-6-7-20-26-25(28(34)31-21-11-9-17(2)13-18(21)3)30(4,38-27(20)23)33(29(39)32-26)15-19-10-12-22-24(14-19)37-16-36-22/h6-14,25-26H,5,15-16H2,1-4H3,(H,31,34)(H,32,39)/t25-,26-,30-/m0/s1. The van der Waals surface area contributed by atoms with Crippen LogP contribution in [0.3, 0.4) is 0 Å². The van der Waals surface area contributed by atoms with Crippen molar-refractivity contribution in [2.24, 2.45) is 5.92 Å². The summed E-state index contributed by atoms with van der Waals surface area (Å²) in [7, 11) is 0. The molecule has 3 aliphatic rings. The number of carbonyl (C=O) groups is 1. The minimum atomic E-state index is -1.12. The predicted molar refractivity (Wildman–Crippen MR) is 151 cm³/mol. The Bertz CT molecular complexity index is 1480. The molecule has 3 heterocycles. The molecule has 9 heteroatoms. The van der Waals surface area contributed by atoms with Gasteiger partial charge in [-0.25, -0.2) is 0 Å². The lowest BCUT2D eigenvalue weighted by Gasteiger charge is -2.56. The molecule has 1 saturated heterocycles. The maximum absolute atomic E-state index is 14.1.